The van der Waals surface area contributed by atoms with E-state index in [0.29, 0.717) is 5.75 Å². The molecule has 0 saturated carbocycles. The van der Waals surface area contributed by atoms with Crippen LogP contribution in [-0.2, 0) is 0 Å². The van der Waals surface area contributed by atoms with Gasteiger partial charge < -0.3 is 14.6 Å². The maximum atomic E-state index is 10.5. The Bertz CT molecular complexity index is 377. The predicted octanol–water partition coefficient (Wildman–Crippen LogP) is 1.36. The highest BCUT2D eigenvalue weighted by Crippen LogP contribution is 2.31. The van der Waals surface area contributed by atoms with Crippen LogP contribution in [0.4, 0.5) is 5.69 Å². The summed E-state index contributed by atoms with van der Waals surface area (Å²) in [5.74, 6) is 0.642. The third-order valence-corrected chi connectivity index (χ3v) is 1.84. The van der Waals surface area contributed by atoms with Crippen LogP contribution in [0.3, 0.4) is 0 Å². The van der Waals surface area contributed by atoms with Gasteiger partial charge in [-0.15, -0.1) is 0 Å². The first-order valence-electron chi connectivity index (χ1n) is 4.68. The molecule has 0 saturated heterocycles. The van der Waals surface area contributed by atoms with E-state index < -0.39 is 11.0 Å². The molecule has 88 valence electrons. The van der Waals surface area contributed by atoms with Crippen LogP contribution in [0.1, 0.15) is 6.92 Å². The molecule has 0 amide bonds. The van der Waals surface area contributed by atoms with Crippen molar-refractivity contribution >= 4 is 5.69 Å². The lowest BCUT2D eigenvalue weighted by Gasteiger charge is -2.11. The van der Waals surface area contributed by atoms with Crippen molar-refractivity contribution in [3.8, 4) is 11.5 Å². The number of benzene rings is 1. The largest absolute Gasteiger partial charge is 0.493 e. The summed E-state index contributed by atoms with van der Waals surface area (Å²) in [5.41, 5.74) is -0.0683. The smallest absolute Gasteiger partial charge is 0.273 e. The summed E-state index contributed by atoms with van der Waals surface area (Å²) in [4.78, 5) is 10.0. The summed E-state index contributed by atoms with van der Waals surface area (Å²) in [7, 11) is 1.40. The number of hydrogen-bond acceptors (Lipinski definition) is 5. The molecule has 0 bridgehead atoms. The molecule has 1 atom stereocenters. The van der Waals surface area contributed by atoms with Gasteiger partial charge in [0.2, 0.25) is 0 Å². The number of non-ortho nitro benzene ring substituents is 1. The third-order valence-electron chi connectivity index (χ3n) is 1.84. The molecule has 6 heteroatoms. The lowest BCUT2D eigenvalue weighted by atomic mass is 10.3. The number of nitrogens with zero attached hydrogens (tertiary/aromatic N) is 1. The van der Waals surface area contributed by atoms with Gasteiger partial charge in [-0.25, -0.2) is 0 Å². The topological polar surface area (TPSA) is 81.8 Å². The summed E-state index contributed by atoms with van der Waals surface area (Å²) in [5, 5.41) is 19.6. The Labute approximate surface area is 92.6 Å². The van der Waals surface area contributed by atoms with E-state index in [9.17, 15) is 10.1 Å². The zero-order valence-electron chi connectivity index (χ0n) is 9.04. The first kappa shape index (κ1) is 12.3. The Morgan fingerprint density at radius 1 is 1.50 bits per heavy atom. The maximum Gasteiger partial charge on any atom is 0.273 e. The summed E-state index contributed by atoms with van der Waals surface area (Å²) in [6.07, 6.45) is -0.611. The molecule has 0 aliphatic heterocycles. The Balaban J connectivity index is 2.89. The van der Waals surface area contributed by atoms with Crippen molar-refractivity contribution < 1.29 is 19.5 Å². The first-order chi connectivity index (χ1) is 7.54. The number of aliphatic hydroxyl groups excluding tert-OH is 1. The number of ether oxygens (including phenoxy) is 2. The van der Waals surface area contributed by atoms with E-state index in [4.69, 9.17) is 14.6 Å². The fraction of sp³-hybridized carbons (Fsp3) is 0.400. The molecular formula is C10H13NO5. The van der Waals surface area contributed by atoms with Crippen molar-refractivity contribution in [1.29, 1.82) is 0 Å². The van der Waals surface area contributed by atoms with E-state index >= 15 is 0 Å². The molecule has 16 heavy (non-hydrogen) atoms. The molecular weight excluding hydrogens is 214 g/mol. The zero-order chi connectivity index (χ0) is 12.1. The second-order valence-electron chi connectivity index (χ2n) is 3.25. The Morgan fingerprint density at radius 3 is 2.69 bits per heavy atom. The Hall–Kier alpha value is -1.82. The highest BCUT2D eigenvalue weighted by Gasteiger charge is 2.12. The lowest BCUT2D eigenvalue weighted by Crippen LogP contribution is -2.13. The van der Waals surface area contributed by atoms with Crippen molar-refractivity contribution in [1.82, 2.24) is 0 Å². The van der Waals surface area contributed by atoms with E-state index in [1.807, 2.05) is 0 Å². The molecule has 1 aromatic rings. The van der Waals surface area contributed by atoms with Crippen LogP contribution in [0.25, 0.3) is 0 Å². The number of methoxy groups -OCH3 is 1. The van der Waals surface area contributed by atoms with E-state index in [1.54, 1.807) is 6.92 Å². The average Bonchev–Trinajstić information content (AvgIpc) is 2.25. The molecule has 0 fully saturated rings. The quantitative estimate of drug-likeness (QED) is 0.606. The van der Waals surface area contributed by atoms with Gasteiger partial charge in [-0.3, -0.25) is 10.1 Å². The third kappa shape index (κ3) is 3.09. The maximum absolute atomic E-state index is 10.5. The second-order valence-corrected chi connectivity index (χ2v) is 3.25. The molecule has 1 aromatic carbocycles. The van der Waals surface area contributed by atoms with Gasteiger partial charge in [-0.2, -0.15) is 0 Å². The number of aliphatic hydroxyl groups is 1. The fourth-order valence-corrected chi connectivity index (χ4v) is 1.10. The molecule has 1 N–H and O–H groups in total. The molecule has 0 aromatic heterocycles. The van der Waals surface area contributed by atoms with Crippen LogP contribution in [0.2, 0.25) is 0 Å². The average molecular weight is 227 g/mol. The minimum Gasteiger partial charge on any atom is -0.493 e. The van der Waals surface area contributed by atoms with E-state index in [2.05, 4.69) is 0 Å². The minimum atomic E-state index is -0.611. The molecule has 6 nitrogen and oxygen atoms in total. The van der Waals surface area contributed by atoms with Crippen molar-refractivity contribution in [2.45, 2.75) is 13.0 Å². The van der Waals surface area contributed by atoms with Crippen LogP contribution in [-0.4, -0.2) is 29.9 Å². The van der Waals surface area contributed by atoms with Crippen molar-refractivity contribution in [3.05, 3.63) is 28.3 Å². The van der Waals surface area contributed by atoms with Crippen molar-refractivity contribution in [2.24, 2.45) is 0 Å². The van der Waals surface area contributed by atoms with Crippen molar-refractivity contribution in [2.75, 3.05) is 13.7 Å². The second kappa shape index (κ2) is 5.32. The van der Waals surface area contributed by atoms with Gasteiger partial charge in [0, 0.05) is 6.07 Å². The Morgan fingerprint density at radius 2 is 2.19 bits per heavy atom. The van der Waals surface area contributed by atoms with Crippen LogP contribution < -0.4 is 9.47 Å². The molecule has 1 rings (SSSR count). The first-order valence-corrected chi connectivity index (χ1v) is 4.68. The molecule has 0 spiro atoms. The van der Waals surface area contributed by atoms with Crippen LogP contribution in [0.5, 0.6) is 11.5 Å². The number of hydrogen-bond donors (Lipinski definition) is 1. The van der Waals surface area contributed by atoms with Gasteiger partial charge in [0.1, 0.15) is 6.61 Å². The molecule has 0 radical (unpaired) electrons. The molecule has 0 aliphatic carbocycles. The molecule has 0 aliphatic rings. The van der Waals surface area contributed by atoms with Gasteiger partial charge in [0.05, 0.1) is 24.2 Å². The van der Waals surface area contributed by atoms with Gasteiger partial charge in [0.15, 0.2) is 11.5 Å². The van der Waals surface area contributed by atoms with Crippen LogP contribution in [0.15, 0.2) is 18.2 Å². The molecule has 0 heterocycles. The van der Waals surface area contributed by atoms with Crippen LogP contribution in [0, 0.1) is 10.1 Å². The fourth-order valence-electron chi connectivity index (χ4n) is 1.10. The predicted molar refractivity (Wildman–Crippen MR) is 56.8 cm³/mol. The SMILES string of the molecule is COc1cc([N+](=O)[O-])ccc1OC[C@H](C)O. The van der Waals surface area contributed by atoms with Crippen molar-refractivity contribution in [3.63, 3.8) is 0 Å². The van der Waals surface area contributed by atoms with E-state index in [-0.39, 0.29) is 18.0 Å². The highest BCUT2D eigenvalue weighted by molar-refractivity contribution is 5.48. The number of nitro benzene ring substituents is 1. The number of rotatable bonds is 5. The highest BCUT2D eigenvalue weighted by atomic mass is 16.6. The summed E-state index contributed by atoms with van der Waals surface area (Å²) in [6, 6.07) is 4.04. The molecule has 0 unspecified atom stereocenters. The van der Waals surface area contributed by atoms with Gasteiger partial charge in [0.25, 0.3) is 5.69 Å². The van der Waals surface area contributed by atoms with Crippen LogP contribution >= 0.6 is 0 Å². The minimum absolute atomic E-state index is 0.0683. The Kier molecular flexibility index (Phi) is 4.07. The number of nitro groups is 1. The van der Waals surface area contributed by atoms with E-state index in [1.165, 1.54) is 25.3 Å². The van der Waals surface area contributed by atoms with Gasteiger partial charge in [-0.05, 0) is 13.0 Å². The van der Waals surface area contributed by atoms with Gasteiger partial charge in [-0.1, -0.05) is 0 Å². The normalized spacial score (nSPS) is 11.9. The summed E-state index contributed by atoms with van der Waals surface area (Å²) >= 11 is 0. The van der Waals surface area contributed by atoms with E-state index in [0.717, 1.165) is 0 Å². The zero-order valence-corrected chi connectivity index (χ0v) is 9.04. The van der Waals surface area contributed by atoms with Gasteiger partial charge >= 0.3 is 0 Å². The monoisotopic (exact) mass is 227 g/mol. The summed E-state index contributed by atoms with van der Waals surface area (Å²) in [6.45, 7) is 1.69. The standard InChI is InChI=1S/C10H13NO5/c1-7(12)6-16-9-4-3-8(11(13)14)5-10(9)15-2/h3-5,7,12H,6H2,1-2H3/t7-/m0/s1. The summed E-state index contributed by atoms with van der Waals surface area (Å²) < 4.78 is 10.2. The lowest BCUT2D eigenvalue weighted by molar-refractivity contribution is -0.384.